The quantitative estimate of drug-likeness (QED) is 0.910. The van der Waals surface area contributed by atoms with Crippen molar-refractivity contribution < 1.29 is 19.4 Å². The van der Waals surface area contributed by atoms with Crippen molar-refractivity contribution in [3.63, 3.8) is 0 Å². The molecule has 1 aromatic carbocycles. The van der Waals surface area contributed by atoms with E-state index in [2.05, 4.69) is 15.9 Å². The van der Waals surface area contributed by atoms with Crippen LogP contribution in [0.4, 0.5) is 10.5 Å². The number of hydrogen-bond acceptors (Lipinski definition) is 3. The lowest BCUT2D eigenvalue weighted by Crippen LogP contribution is -2.46. The maximum absolute atomic E-state index is 11.7. The molecule has 1 fully saturated rings. The van der Waals surface area contributed by atoms with Crippen LogP contribution in [0.3, 0.4) is 0 Å². The summed E-state index contributed by atoms with van der Waals surface area (Å²) in [5.41, 5.74) is 1.56. The third-order valence-corrected chi connectivity index (χ3v) is 3.32. The lowest BCUT2D eigenvalue weighted by atomic mass is 10.1. The highest BCUT2D eigenvalue weighted by molar-refractivity contribution is 9.10. The van der Waals surface area contributed by atoms with Crippen LogP contribution < -0.4 is 4.90 Å². The van der Waals surface area contributed by atoms with E-state index in [-0.39, 0.29) is 13.2 Å². The number of amides is 1. The normalized spacial score (nSPS) is 19.6. The molecule has 96 valence electrons. The van der Waals surface area contributed by atoms with Gasteiger partial charge in [0.15, 0.2) is 0 Å². The van der Waals surface area contributed by atoms with Crippen molar-refractivity contribution in [3.8, 4) is 0 Å². The van der Waals surface area contributed by atoms with Gasteiger partial charge in [-0.15, -0.1) is 0 Å². The summed E-state index contributed by atoms with van der Waals surface area (Å²) in [6.45, 7) is 1.93. The molecule has 0 aromatic heterocycles. The average Bonchev–Trinajstić information content (AvgIpc) is 2.30. The van der Waals surface area contributed by atoms with Crippen LogP contribution in [-0.4, -0.2) is 30.3 Å². The third-order valence-electron chi connectivity index (χ3n) is 2.83. The summed E-state index contributed by atoms with van der Waals surface area (Å²) in [6.07, 6.45) is -0.502. The number of benzene rings is 1. The Hall–Kier alpha value is -1.56. The number of aliphatic carboxylic acids is 1. The fourth-order valence-corrected chi connectivity index (χ4v) is 2.34. The predicted octanol–water partition coefficient (Wildman–Crippen LogP) is 2.41. The van der Waals surface area contributed by atoms with Crippen molar-refractivity contribution in [3.05, 3.63) is 28.2 Å². The van der Waals surface area contributed by atoms with E-state index in [1.165, 1.54) is 4.90 Å². The standard InChI is InChI=1S/C12H12BrNO4/c1-7-4-9(13)2-3-10(7)14-5-8(11(15)16)6-18-12(14)17/h2-4,8H,5-6H2,1H3,(H,15,16). The van der Waals surface area contributed by atoms with Crippen molar-refractivity contribution in [1.29, 1.82) is 0 Å². The molecule has 1 aliphatic heterocycles. The maximum atomic E-state index is 11.7. The topological polar surface area (TPSA) is 66.8 Å². The smallest absolute Gasteiger partial charge is 0.414 e. The van der Waals surface area contributed by atoms with Gasteiger partial charge in [0.25, 0.3) is 0 Å². The van der Waals surface area contributed by atoms with Crippen LogP contribution in [0.25, 0.3) is 0 Å². The van der Waals surface area contributed by atoms with Gasteiger partial charge in [0, 0.05) is 11.0 Å². The van der Waals surface area contributed by atoms with Gasteiger partial charge in [-0.2, -0.15) is 0 Å². The minimum absolute atomic E-state index is 0.0692. The Morgan fingerprint density at radius 1 is 1.56 bits per heavy atom. The summed E-state index contributed by atoms with van der Waals surface area (Å²) in [6, 6.07) is 5.44. The number of anilines is 1. The molecule has 1 aliphatic rings. The minimum atomic E-state index is -0.956. The Bertz CT molecular complexity index is 503. The molecule has 6 heteroatoms. The van der Waals surface area contributed by atoms with Gasteiger partial charge in [-0.25, -0.2) is 4.79 Å². The molecular formula is C12H12BrNO4. The van der Waals surface area contributed by atoms with Gasteiger partial charge in [0.05, 0.1) is 5.69 Å². The molecule has 0 spiro atoms. The summed E-state index contributed by atoms with van der Waals surface area (Å²) in [5, 5.41) is 8.98. The molecule has 0 bridgehead atoms. The number of rotatable bonds is 2. The van der Waals surface area contributed by atoms with Crippen LogP contribution in [0, 0.1) is 12.8 Å². The lowest BCUT2D eigenvalue weighted by Gasteiger charge is -2.31. The first-order chi connectivity index (χ1) is 8.49. The number of halogens is 1. The third kappa shape index (κ3) is 2.48. The number of carbonyl (C=O) groups is 2. The number of aryl methyl sites for hydroxylation is 1. The molecule has 18 heavy (non-hydrogen) atoms. The van der Waals surface area contributed by atoms with Crippen molar-refractivity contribution in [2.75, 3.05) is 18.1 Å². The molecule has 1 saturated heterocycles. The molecule has 5 nitrogen and oxygen atoms in total. The van der Waals surface area contributed by atoms with Crippen molar-refractivity contribution in [2.24, 2.45) is 5.92 Å². The first-order valence-electron chi connectivity index (χ1n) is 5.42. The van der Waals surface area contributed by atoms with Crippen LogP contribution in [0.5, 0.6) is 0 Å². The molecular weight excluding hydrogens is 302 g/mol. The van der Waals surface area contributed by atoms with E-state index in [1.807, 2.05) is 13.0 Å². The van der Waals surface area contributed by atoms with E-state index in [9.17, 15) is 9.59 Å². The molecule has 1 heterocycles. The SMILES string of the molecule is Cc1cc(Br)ccc1N1CC(C(=O)O)COC1=O. The maximum Gasteiger partial charge on any atom is 0.414 e. The minimum Gasteiger partial charge on any atom is -0.481 e. The molecule has 0 saturated carbocycles. The Morgan fingerprint density at radius 2 is 2.28 bits per heavy atom. The molecule has 1 unspecified atom stereocenters. The number of ether oxygens (including phenoxy) is 1. The Morgan fingerprint density at radius 3 is 2.89 bits per heavy atom. The number of hydrogen-bond donors (Lipinski definition) is 1. The zero-order valence-corrected chi connectivity index (χ0v) is 11.3. The summed E-state index contributed by atoms with van der Waals surface area (Å²) >= 11 is 3.34. The van der Waals surface area contributed by atoms with Crippen LogP contribution in [-0.2, 0) is 9.53 Å². The number of nitrogens with zero attached hydrogens (tertiary/aromatic N) is 1. The first kappa shape index (κ1) is 12.9. The molecule has 2 rings (SSSR count). The van der Waals surface area contributed by atoms with Gasteiger partial charge in [0.1, 0.15) is 12.5 Å². The zero-order chi connectivity index (χ0) is 13.3. The van der Waals surface area contributed by atoms with Crippen LogP contribution >= 0.6 is 15.9 Å². The molecule has 1 atom stereocenters. The summed E-state index contributed by atoms with van der Waals surface area (Å²) in [4.78, 5) is 24.0. The van der Waals surface area contributed by atoms with Gasteiger partial charge in [-0.1, -0.05) is 15.9 Å². The lowest BCUT2D eigenvalue weighted by molar-refractivity contribution is -0.143. The second-order valence-corrected chi connectivity index (χ2v) is 5.07. The molecule has 1 aromatic rings. The van der Waals surface area contributed by atoms with E-state index >= 15 is 0 Å². The summed E-state index contributed by atoms with van der Waals surface area (Å²) in [5.74, 6) is -1.65. The molecule has 1 amide bonds. The summed E-state index contributed by atoms with van der Waals surface area (Å²) < 4.78 is 5.80. The van der Waals surface area contributed by atoms with Gasteiger partial charge in [0.2, 0.25) is 0 Å². The van der Waals surface area contributed by atoms with Crippen LogP contribution in [0.2, 0.25) is 0 Å². The fourth-order valence-electron chi connectivity index (χ4n) is 1.87. The van der Waals surface area contributed by atoms with E-state index in [1.54, 1.807) is 12.1 Å². The predicted molar refractivity (Wildman–Crippen MR) is 68.7 cm³/mol. The van der Waals surface area contributed by atoms with Crippen LogP contribution in [0.1, 0.15) is 5.56 Å². The summed E-state index contributed by atoms with van der Waals surface area (Å²) in [7, 11) is 0. The number of cyclic esters (lactones) is 1. The fraction of sp³-hybridized carbons (Fsp3) is 0.333. The van der Waals surface area contributed by atoms with Crippen LogP contribution in [0.15, 0.2) is 22.7 Å². The van der Waals surface area contributed by atoms with E-state index in [0.29, 0.717) is 5.69 Å². The van der Waals surface area contributed by atoms with Gasteiger partial charge in [-0.3, -0.25) is 9.69 Å². The molecule has 0 aliphatic carbocycles. The number of carboxylic acids is 1. The van der Waals surface area contributed by atoms with Gasteiger partial charge in [-0.05, 0) is 30.7 Å². The molecule has 1 N–H and O–H groups in total. The van der Waals surface area contributed by atoms with Gasteiger partial charge < -0.3 is 9.84 Å². The number of carboxylic acid groups (broad SMARTS) is 1. The van der Waals surface area contributed by atoms with Crippen molar-refractivity contribution in [2.45, 2.75) is 6.92 Å². The second-order valence-electron chi connectivity index (χ2n) is 4.15. The largest absolute Gasteiger partial charge is 0.481 e. The first-order valence-corrected chi connectivity index (χ1v) is 6.21. The number of carbonyl (C=O) groups excluding carboxylic acids is 1. The highest BCUT2D eigenvalue weighted by Crippen LogP contribution is 2.27. The second kappa shape index (κ2) is 4.97. The van der Waals surface area contributed by atoms with Gasteiger partial charge >= 0.3 is 12.1 Å². The Balaban J connectivity index is 2.29. The average molecular weight is 314 g/mol. The zero-order valence-electron chi connectivity index (χ0n) is 9.72. The highest BCUT2D eigenvalue weighted by atomic mass is 79.9. The monoisotopic (exact) mass is 313 g/mol. The van der Waals surface area contributed by atoms with E-state index in [4.69, 9.17) is 9.84 Å². The van der Waals surface area contributed by atoms with E-state index < -0.39 is 18.0 Å². The van der Waals surface area contributed by atoms with Crippen molar-refractivity contribution >= 4 is 33.7 Å². The van der Waals surface area contributed by atoms with Crippen molar-refractivity contribution in [1.82, 2.24) is 0 Å². The molecule has 0 radical (unpaired) electrons. The Kier molecular flexibility index (Phi) is 3.56. The highest BCUT2D eigenvalue weighted by Gasteiger charge is 2.33. The Labute approximate surface area is 112 Å². The van der Waals surface area contributed by atoms with E-state index in [0.717, 1.165) is 10.0 Å².